The minimum Gasteiger partial charge on any atom is -0.427 e. The first-order valence-corrected chi connectivity index (χ1v) is 11.1. The largest absolute Gasteiger partial charge is 0.427 e. The van der Waals surface area contributed by atoms with Gasteiger partial charge in [-0.05, 0) is 37.6 Å². The highest BCUT2D eigenvalue weighted by Crippen LogP contribution is 2.22. The zero-order valence-electron chi connectivity index (χ0n) is 17.9. The molecule has 1 heterocycles. The molecule has 2 aromatic rings. The zero-order valence-corrected chi connectivity index (χ0v) is 17.9. The van der Waals surface area contributed by atoms with E-state index in [0.29, 0.717) is 23.4 Å². The highest BCUT2D eigenvalue weighted by Gasteiger charge is 2.10. The van der Waals surface area contributed by atoms with Gasteiger partial charge in [-0.25, -0.2) is 9.95 Å². The van der Waals surface area contributed by atoms with Crippen LogP contribution >= 0.6 is 0 Å². The molecule has 29 heavy (non-hydrogen) atoms. The van der Waals surface area contributed by atoms with Gasteiger partial charge in [0.05, 0.1) is 11.3 Å². The van der Waals surface area contributed by atoms with Crippen LogP contribution in [-0.2, 0) is 4.79 Å². The van der Waals surface area contributed by atoms with E-state index < -0.39 is 0 Å². The molecule has 0 amide bonds. The molecule has 0 saturated carbocycles. The molecule has 1 aromatic heterocycles. The Morgan fingerprint density at radius 2 is 1.45 bits per heavy atom. The molecule has 0 unspecified atom stereocenters. The Labute approximate surface area is 173 Å². The molecule has 1 N–H and O–H groups in total. The van der Waals surface area contributed by atoms with E-state index in [1.165, 1.54) is 57.8 Å². The van der Waals surface area contributed by atoms with Crippen LogP contribution in [0.25, 0.3) is 11.3 Å². The van der Waals surface area contributed by atoms with E-state index in [9.17, 15) is 9.59 Å². The van der Waals surface area contributed by atoms with Crippen molar-refractivity contribution in [3.05, 3.63) is 40.2 Å². The number of benzene rings is 1. The Morgan fingerprint density at radius 3 is 1.97 bits per heavy atom. The summed E-state index contributed by atoms with van der Waals surface area (Å²) in [5.74, 6) is 0.326. The molecule has 5 nitrogen and oxygen atoms in total. The Bertz CT molecular complexity index is 773. The molecule has 0 aliphatic heterocycles. The summed E-state index contributed by atoms with van der Waals surface area (Å²) in [6.45, 7) is 3.96. The topological polar surface area (TPSA) is 72.3 Å². The maximum Gasteiger partial charge on any atom is 0.360 e. The van der Waals surface area contributed by atoms with Gasteiger partial charge in [0.1, 0.15) is 5.75 Å². The van der Waals surface area contributed by atoms with Crippen molar-refractivity contribution >= 4 is 5.97 Å². The van der Waals surface area contributed by atoms with Crippen molar-refractivity contribution in [1.82, 2.24) is 5.16 Å². The zero-order chi connectivity index (χ0) is 20.9. The molecule has 2 rings (SSSR count). The van der Waals surface area contributed by atoms with Crippen LogP contribution in [-0.4, -0.2) is 11.1 Å². The van der Waals surface area contributed by atoms with Crippen molar-refractivity contribution in [2.45, 2.75) is 90.9 Å². The number of unbranched alkanes of at least 4 members (excludes halogenated alkanes) is 10. The third kappa shape index (κ3) is 8.30. The summed E-state index contributed by atoms with van der Waals surface area (Å²) in [6, 6.07) is 7.08. The average molecular weight is 402 g/mol. The summed E-state index contributed by atoms with van der Waals surface area (Å²) in [5, 5.41) is 2.62. The Kier molecular flexibility index (Phi) is 10.3. The van der Waals surface area contributed by atoms with Gasteiger partial charge in [0, 0.05) is 12.0 Å². The summed E-state index contributed by atoms with van der Waals surface area (Å²) >= 11 is 0. The van der Waals surface area contributed by atoms with Crippen molar-refractivity contribution in [3.8, 4) is 17.0 Å². The Hall–Kier alpha value is -2.30. The lowest BCUT2D eigenvalue weighted by Crippen LogP contribution is -2.07. The minimum absolute atomic E-state index is 0.193. The molecule has 0 saturated heterocycles. The van der Waals surface area contributed by atoms with Crippen LogP contribution in [0.3, 0.4) is 0 Å². The van der Waals surface area contributed by atoms with E-state index in [1.54, 1.807) is 31.2 Å². The predicted molar refractivity (Wildman–Crippen MR) is 116 cm³/mol. The number of ether oxygens (including phenoxy) is 1. The average Bonchev–Trinajstić information content (AvgIpc) is 3.05. The third-order valence-electron chi connectivity index (χ3n) is 5.29. The number of H-pyrrole nitrogens is 1. The molecule has 1 aromatic carbocycles. The van der Waals surface area contributed by atoms with E-state index >= 15 is 0 Å². The minimum atomic E-state index is -0.373. The lowest BCUT2D eigenvalue weighted by Gasteiger charge is -2.06. The fourth-order valence-electron chi connectivity index (χ4n) is 3.43. The lowest BCUT2D eigenvalue weighted by atomic mass is 10.1. The molecule has 5 heteroatoms. The fourth-order valence-corrected chi connectivity index (χ4v) is 3.43. The summed E-state index contributed by atoms with van der Waals surface area (Å²) in [6.07, 6.45) is 14.3. The monoisotopic (exact) mass is 401 g/mol. The second-order valence-corrected chi connectivity index (χ2v) is 7.78. The van der Waals surface area contributed by atoms with Gasteiger partial charge in [0.25, 0.3) is 0 Å². The summed E-state index contributed by atoms with van der Waals surface area (Å²) in [7, 11) is 0. The second-order valence-electron chi connectivity index (χ2n) is 7.78. The SMILES string of the molecule is CCCCCCCCCCCCCC(=O)Oc1ccc(-c2[nH]oc(=O)c2C)cc1. The summed E-state index contributed by atoms with van der Waals surface area (Å²) < 4.78 is 10.2. The number of hydrogen-bond acceptors (Lipinski definition) is 4. The van der Waals surface area contributed by atoms with Gasteiger partial charge in [0.15, 0.2) is 0 Å². The van der Waals surface area contributed by atoms with Crippen LogP contribution < -0.4 is 10.4 Å². The first-order chi connectivity index (χ1) is 14.1. The number of nitrogens with one attached hydrogen (secondary N) is 1. The number of rotatable bonds is 14. The second kappa shape index (κ2) is 13.0. The van der Waals surface area contributed by atoms with Crippen LogP contribution in [0.1, 0.15) is 89.5 Å². The number of esters is 1. The van der Waals surface area contributed by atoms with Crippen LogP contribution in [0.2, 0.25) is 0 Å². The number of hydrogen-bond donors (Lipinski definition) is 1. The van der Waals surface area contributed by atoms with Crippen LogP contribution in [0.4, 0.5) is 0 Å². The Morgan fingerprint density at radius 1 is 0.897 bits per heavy atom. The molecular weight excluding hydrogens is 366 g/mol. The normalized spacial score (nSPS) is 11.0. The quantitative estimate of drug-likeness (QED) is 0.221. The van der Waals surface area contributed by atoms with Gasteiger partial charge in [-0.1, -0.05) is 71.1 Å². The number of aromatic amines is 1. The highest BCUT2D eigenvalue weighted by atomic mass is 16.5. The molecule has 0 fully saturated rings. The Balaban J connectivity index is 1.56. The van der Waals surface area contributed by atoms with Gasteiger partial charge in [0.2, 0.25) is 0 Å². The maximum atomic E-state index is 12.0. The number of aromatic nitrogens is 1. The van der Waals surface area contributed by atoms with Crippen LogP contribution in [0.15, 0.2) is 33.6 Å². The summed E-state index contributed by atoms with van der Waals surface area (Å²) in [5.41, 5.74) is 1.63. The van der Waals surface area contributed by atoms with Crippen LogP contribution in [0.5, 0.6) is 5.75 Å². The molecule has 0 bridgehead atoms. The first-order valence-electron chi connectivity index (χ1n) is 11.1. The van der Waals surface area contributed by atoms with E-state index in [2.05, 4.69) is 12.1 Å². The van der Waals surface area contributed by atoms with E-state index in [4.69, 9.17) is 9.26 Å². The molecule has 0 aliphatic carbocycles. The van der Waals surface area contributed by atoms with Gasteiger partial charge in [-0.2, -0.15) is 0 Å². The standard InChI is InChI=1S/C24H35NO4/c1-3-4-5-6-7-8-9-10-11-12-13-14-22(26)28-21-17-15-20(16-18-21)23-19(2)24(27)29-25-23/h15-18,25H,3-14H2,1-2H3. The van der Waals surface area contributed by atoms with Crippen molar-refractivity contribution in [2.75, 3.05) is 0 Å². The van der Waals surface area contributed by atoms with Crippen molar-refractivity contribution in [1.29, 1.82) is 0 Å². The molecule has 0 atom stereocenters. The van der Waals surface area contributed by atoms with Crippen LogP contribution in [0, 0.1) is 6.92 Å². The predicted octanol–water partition coefficient (Wildman–Crippen LogP) is 6.55. The molecule has 0 radical (unpaired) electrons. The number of carbonyl (C=O) groups excluding carboxylic acids is 1. The third-order valence-corrected chi connectivity index (χ3v) is 5.29. The summed E-state index contributed by atoms with van der Waals surface area (Å²) in [4.78, 5) is 23.4. The van der Waals surface area contributed by atoms with Crippen molar-refractivity contribution in [3.63, 3.8) is 0 Å². The molecular formula is C24H35NO4. The van der Waals surface area contributed by atoms with E-state index in [1.807, 2.05) is 0 Å². The van der Waals surface area contributed by atoms with Crippen molar-refractivity contribution in [2.24, 2.45) is 0 Å². The number of carbonyl (C=O) groups is 1. The van der Waals surface area contributed by atoms with Gasteiger partial charge in [-0.3, -0.25) is 4.79 Å². The van der Waals surface area contributed by atoms with Gasteiger partial charge >= 0.3 is 11.6 Å². The molecule has 160 valence electrons. The fraction of sp³-hybridized carbons (Fsp3) is 0.583. The lowest BCUT2D eigenvalue weighted by molar-refractivity contribution is -0.134. The highest BCUT2D eigenvalue weighted by molar-refractivity contribution is 5.72. The molecule has 0 aliphatic rings. The first kappa shape index (κ1) is 23.0. The maximum absolute atomic E-state index is 12.0. The van der Waals surface area contributed by atoms with Crippen molar-refractivity contribution < 1.29 is 14.1 Å². The van der Waals surface area contributed by atoms with Gasteiger partial charge < -0.3 is 9.26 Å². The van der Waals surface area contributed by atoms with E-state index in [-0.39, 0.29) is 11.6 Å². The van der Waals surface area contributed by atoms with E-state index in [0.717, 1.165) is 18.4 Å². The van der Waals surface area contributed by atoms with Gasteiger partial charge in [-0.15, -0.1) is 0 Å². The smallest absolute Gasteiger partial charge is 0.360 e. The molecule has 0 spiro atoms.